The van der Waals surface area contributed by atoms with Gasteiger partial charge >= 0.3 is 0 Å². The number of allylic oxidation sites excluding steroid dienone is 6. The fourth-order valence-electron chi connectivity index (χ4n) is 9.48. The molecule has 6 unspecified atom stereocenters. The first-order valence-corrected chi connectivity index (χ1v) is 20.7. The van der Waals surface area contributed by atoms with E-state index in [1.807, 2.05) is 22.7 Å². The SMILES string of the molecule is NC(NC1C(c2ccccc2)N1Cc1ccc2c(c1)sc1c(C3=CC=CC4C5=C3Oc3ccccc3C54)cccc12)c1cccc2c3c(sc12)CCC=C3. The van der Waals surface area contributed by atoms with Crippen LogP contribution in [0.2, 0.25) is 0 Å². The highest BCUT2D eigenvalue weighted by Gasteiger charge is 2.52. The van der Waals surface area contributed by atoms with Crippen LogP contribution in [-0.4, -0.2) is 11.1 Å². The molecule has 4 nitrogen and oxygen atoms in total. The average Bonchev–Trinajstić information content (AvgIpc) is 4.02. The molecule has 6 atom stereocenters. The fraction of sp³-hybridized carbons (Fsp3) is 0.167. The van der Waals surface area contributed by atoms with Crippen LogP contribution in [0.5, 0.6) is 5.75 Å². The van der Waals surface area contributed by atoms with E-state index < -0.39 is 0 Å². The first kappa shape index (κ1) is 31.3. The molecule has 54 heavy (non-hydrogen) atoms. The average molecular weight is 736 g/mol. The van der Waals surface area contributed by atoms with Gasteiger partial charge in [0.1, 0.15) is 11.5 Å². The summed E-state index contributed by atoms with van der Waals surface area (Å²) in [5.74, 6) is 2.91. The Morgan fingerprint density at radius 1 is 0.852 bits per heavy atom. The number of rotatable bonds is 7. The van der Waals surface area contributed by atoms with Gasteiger partial charge < -0.3 is 10.5 Å². The van der Waals surface area contributed by atoms with E-state index in [1.165, 1.54) is 79.7 Å². The molecule has 2 aromatic heterocycles. The number of para-hydroxylation sites is 1. The number of thiophene rings is 2. The third kappa shape index (κ3) is 4.78. The number of nitrogens with zero attached hydrogens (tertiary/aromatic N) is 1. The van der Waals surface area contributed by atoms with Crippen molar-refractivity contribution < 1.29 is 4.74 Å². The van der Waals surface area contributed by atoms with Crippen LogP contribution < -0.4 is 15.8 Å². The zero-order valence-corrected chi connectivity index (χ0v) is 31.2. The van der Waals surface area contributed by atoms with Crippen molar-refractivity contribution in [3.63, 3.8) is 0 Å². The van der Waals surface area contributed by atoms with Crippen molar-refractivity contribution in [2.24, 2.45) is 11.7 Å². The predicted molar refractivity (Wildman–Crippen MR) is 225 cm³/mol. The van der Waals surface area contributed by atoms with Crippen LogP contribution in [0, 0.1) is 5.92 Å². The van der Waals surface area contributed by atoms with Gasteiger partial charge in [-0.1, -0.05) is 127 Å². The van der Waals surface area contributed by atoms with Crippen molar-refractivity contribution in [2.45, 2.75) is 43.7 Å². The minimum absolute atomic E-state index is 0.136. The zero-order valence-electron chi connectivity index (χ0n) is 29.5. The summed E-state index contributed by atoms with van der Waals surface area (Å²) in [5, 5.41) is 7.81. The van der Waals surface area contributed by atoms with Crippen molar-refractivity contribution in [3.05, 3.63) is 183 Å². The number of fused-ring (bicyclic) bond motifs is 9. The van der Waals surface area contributed by atoms with Crippen LogP contribution in [0.25, 0.3) is 41.9 Å². The first-order valence-electron chi connectivity index (χ1n) is 19.1. The van der Waals surface area contributed by atoms with Gasteiger partial charge in [-0.2, -0.15) is 0 Å². The minimum atomic E-state index is -0.269. The highest BCUT2D eigenvalue weighted by atomic mass is 32.1. The molecule has 5 aromatic carbocycles. The van der Waals surface area contributed by atoms with E-state index in [9.17, 15) is 0 Å². The van der Waals surface area contributed by atoms with Crippen molar-refractivity contribution in [2.75, 3.05) is 0 Å². The molecule has 7 aromatic rings. The molecule has 0 amide bonds. The molecule has 5 aliphatic rings. The number of nitrogens with two attached hydrogens (primary N) is 1. The largest absolute Gasteiger partial charge is 0.456 e. The van der Waals surface area contributed by atoms with Crippen molar-refractivity contribution in [1.29, 1.82) is 0 Å². The summed E-state index contributed by atoms with van der Waals surface area (Å²) in [6, 6.07) is 40.1. The van der Waals surface area contributed by atoms with Crippen LogP contribution in [0.1, 0.15) is 62.8 Å². The zero-order chi connectivity index (χ0) is 35.5. The number of hydrogen-bond donors (Lipinski definition) is 2. The maximum absolute atomic E-state index is 7.06. The van der Waals surface area contributed by atoms with Gasteiger partial charge in [-0.25, -0.2) is 0 Å². The van der Waals surface area contributed by atoms with E-state index in [2.05, 4.69) is 150 Å². The molecular weight excluding hydrogens is 699 g/mol. The molecule has 1 saturated heterocycles. The Balaban J connectivity index is 0.862. The molecule has 262 valence electrons. The standard InChI is InChI=1S/C48H37N3OS2/c49-47(37-20-10-17-32-29-13-5-7-22-39(29)53-46(32)37)50-48-43(28-11-2-1-3-12-28)51(48)26-27-23-24-30-33-16-9-18-34(45(33)54-40(30)25-27)31-15-8-19-36-41-35-14-4-6-21-38(35)52-44(31)42(36)41/h1-6,8-21,23-25,36,41,43,47-48,50H,7,22,26,49H2. The van der Waals surface area contributed by atoms with E-state index in [0.29, 0.717) is 11.8 Å². The summed E-state index contributed by atoms with van der Waals surface area (Å²) in [4.78, 5) is 4.03. The summed E-state index contributed by atoms with van der Waals surface area (Å²) in [6.45, 7) is 0.839. The lowest BCUT2D eigenvalue weighted by Gasteiger charge is -2.20. The van der Waals surface area contributed by atoms with E-state index in [0.717, 1.165) is 30.9 Å². The monoisotopic (exact) mass is 735 g/mol. The van der Waals surface area contributed by atoms with E-state index in [1.54, 1.807) is 0 Å². The number of aryl methyl sites for hydroxylation is 1. The maximum Gasteiger partial charge on any atom is 0.135 e. The first-order chi connectivity index (χ1) is 26.7. The van der Waals surface area contributed by atoms with Crippen LogP contribution in [-0.2, 0) is 13.0 Å². The number of nitrogens with one attached hydrogen (secondary N) is 1. The molecule has 1 saturated carbocycles. The topological polar surface area (TPSA) is 50.3 Å². The van der Waals surface area contributed by atoms with Crippen LogP contribution in [0.3, 0.4) is 0 Å². The molecule has 0 bridgehead atoms. The molecule has 3 aliphatic carbocycles. The van der Waals surface area contributed by atoms with Gasteiger partial charge in [0, 0.05) is 75.8 Å². The van der Waals surface area contributed by atoms with Gasteiger partial charge in [-0.15, -0.1) is 22.7 Å². The summed E-state index contributed by atoms with van der Waals surface area (Å²) in [5.41, 5.74) is 17.4. The molecule has 12 rings (SSSR count). The Labute approximate surface area is 322 Å². The van der Waals surface area contributed by atoms with Crippen molar-refractivity contribution in [1.82, 2.24) is 10.2 Å². The normalized spacial score (nSPS) is 23.8. The minimum Gasteiger partial charge on any atom is -0.456 e. The van der Waals surface area contributed by atoms with Crippen LogP contribution in [0.4, 0.5) is 0 Å². The molecule has 0 spiro atoms. The van der Waals surface area contributed by atoms with Crippen LogP contribution in [0.15, 0.2) is 145 Å². The van der Waals surface area contributed by atoms with Crippen LogP contribution >= 0.6 is 22.7 Å². The Hall–Kier alpha value is -5.08. The fourth-order valence-corrected chi connectivity index (χ4v) is 12.1. The number of benzene rings is 5. The second-order valence-corrected chi connectivity index (χ2v) is 17.4. The lowest BCUT2D eigenvalue weighted by Crippen LogP contribution is -2.33. The van der Waals surface area contributed by atoms with E-state index in [-0.39, 0.29) is 18.4 Å². The molecule has 0 radical (unpaired) electrons. The smallest absolute Gasteiger partial charge is 0.135 e. The molecular formula is C48H37N3OS2. The number of ether oxygens (including phenoxy) is 1. The van der Waals surface area contributed by atoms with E-state index in [4.69, 9.17) is 10.5 Å². The molecule has 2 fully saturated rings. The lowest BCUT2D eigenvalue weighted by atomic mass is 9.97. The predicted octanol–water partition coefficient (Wildman–Crippen LogP) is 11.4. The number of hydrogen-bond acceptors (Lipinski definition) is 6. The van der Waals surface area contributed by atoms with Gasteiger partial charge in [0.25, 0.3) is 0 Å². The Morgan fingerprint density at radius 2 is 1.72 bits per heavy atom. The Morgan fingerprint density at radius 3 is 2.67 bits per heavy atom. The van der Waals surface area contributed by atoms with Gasteiger partial charge in [-0.3, -0.25) is 10.2 Å². The van der Waals surface area contributed by atoms with Crippen molar-refractivity contribution >= 4 is 64.6 Å². The van der Waals surface area contributed by atoms with Gasteiger partial charge in [0.15, 0.2) is 0 Å². The molecule has 4 heterocycles. The summed E-state index contributed by atoms with van der Waals surface area (Å²) in [7, 11) is 0. The third-order valence-electron chi connectivity index (χ3n) is 12.2. The Kier molecular flexibility index (Phi) is 6.93. The van der Waals surface area contributed by atoms with E-state index >= 15 is 0 Å². The molecule has 3 N–H and O–H groups in total. The summed E-state index contributed by atoms with van der Waals surface area (Å²) >= 11 is 3.82. The summed E-state index contributed by atoms with van der Waals surface area (Å²) in [6.07, 6.45) is 13.5. The van der Waals surface area contributed by atoms with Gasteiger partial charge in [-0.05, 0) is 47.2 Å². The lowest BCUT2D eigenvalue weighted by molar-refractivity contribution is 0.416. The highest BCUT2D eigenvalue weighted by molar-refractivity contribution is 7.26. The highest BCUT2D eigenvalue weighted by Crippen LogP contribution is 2.63. The van der Waals surface area contributed by atoms with Gasteiger partial charge in [0.2, 0.25) is 0 Å². The Bertz CT molecular complexity index is 2820. The quantitative estimate of drug-likeness (QED) is 0.126. The molecule has 2 aliphatic heterocycles. The second-order valence-electron chi connectivity index (χ2n) is 15.2. The summed E-state index contributed by atoms with van der Waals surface area (Å²) < 4.78 is 10.6. The second kappa shape index (κ2) is 12.0. The molecule has 6 heteroatoms. The third-order valence-corrected chi connectivity index (χ3v) is 14.7. The maximum atomic E-state index is 7.06. The van der Waals surface area contributed by atoms with Crippen molar-refractivity contribution in [3.8, 4) is 5.75 Å². The van der Waals surface area contributed by atoms with Gasteiger partial charge in [0.05, 0.1) is 18.4 Å².